The standard InChI is InChI=1S/C21H23N3O4/c1-21(2,3)28-20(25)23-19-17-7-5-4-6-14(17)8-13-18(19)22-15-9-11-16(12-10-15)24(26)27/h4-13,18-19,22H,1-3H3,(H,23,25)/t18-,19-/m0/s1. The lowest BCUT2D eigenvalue weighted by Crippen LogP contribution is -2.42. The van der Waals surface area contributed by atoms with Crippen molar-refractivity contribution in [1.82, 2.24) is 5.32 Å². The Morgan fingerprint density at radius 1 is 1.11 bits per heavy atom. The van der Waals surface area contributed by atoms with E-state index in [0.29, 0.717) is 0 Å². The molecule has 0 bridgehead atoms. The van der Waals surface area contributed by atoms with Crippen molar-refractivity contribution in [2.75, 3.05) is 5.32 Å². The molecule has 0 unspecified atom stereocenters. The van der Waals surface area contributed by atoms with Gasteiger partial charge in [0.15, 0.2) is 0 Å². The van der Waals surface area contributed by atoms with Gasteiger partial charge in [-0.15, -0.1) is 0 Å². The van der Waals surface area contributed by atoms with Crippen LogP contribution in [0.4, 0.5) is 16.2 Å². The number of hydrogen-bond acceptors (Lipinski definition) is 5. The molecule has 0 fully saturated rings. The lowest BCUT2D eigenvalue weighted by atomic mass is 9.89. The number of alkyl carbamates (subject to hydrolysis) is 1. The Morgan fingerprint density at radius 3 is 2.43 bits per heavy atom. The zero-order valence-corrected chi connectivity index (χ0v) is 16.0. The van der Waals surface area contributed by atoms with Crippen molar-refractivity contribution in [1.29, 1.82) is 0 Å². The summed E-state index contributed by atoms with van der Waals surface area (Å²) >= 11 is 0. The highest BCUT2D eigenvalue weighted by Gasteiger charge is 2.29. The molecule has 7 heteroatoms. The summed E-state index contributed by atoms with van der Waals surface area (Å²) < 4.78 is 5.42. The minimum Gasteiger partial charge on any atom is -0.444 e. The highest BCUT2D eigenvalue weighted by molar-refractivity contribution is 5.71. The van der Waals surface area contributed by atoms with Gasteiger partial charge in [0.1, 0.15) is 5.60 Å². The number of ether oxygens (including phenoxy) is 1. The van der Waals surface area contributed by atoms with Crippen LogP contribution >= 0.6 is 0 Å². The zero-order valence-electron chi connectivity index (χ0n) is 16.0. The number of nitro benzene ring substituents is 1. The number of nitro groups is 1. The predicted molar refractivity (Wildman–Crippen MR) is 108 cm³/mol. The van der Waals surface area contributed by atoms with Crippen molar-refractivity contribution < 1.29 is 14.5 Å². The van der Waals surface area contributed by atoms with Crippen molar-refractivity contribution >= 4 is 23.5 Å². The number of fused-ring (bicyclic) bond motifs is 1. The van der Waals surface area contributed by atoms with E-state index in [-0.39, 0.29) is 17.8 Å². The lowest BCUT2D eigenvalue weighted by molar-refractivity contribution is -0.384. The monoisotopic (exact) mass is 381 g/mol. The van der Waals surface area contributed by atoms with Crippen LogP contribution in [-0.2, 0) is 4.74 Å². The first-order chi connectivity index (χ1) is 13.2. The fraction of sp³-hybridized carbons (Fsp3) is 0.286. The molecule has 1 aliphatic rings. The molecule has 2 aromatic rings. The van der Waals surface area contributed by atoms with E-state index in [9.17, 15) is 14.9 Å². The van der Waals surface area contributed by atoms with Gasteiger partial charge >= 0.3 is 6.09 Å². The largest absolute Gasteiger partial charge is 0.444 e. The minimum absolute atomic E-state index is 0.0264. The van der Waals surface area contributed by atoms with Gasteiger partial charge in [0.25, 0.3) is 5.69 Å². The van der Waals surface area contributed by atoms with Crippen molar-refractivity contribution in [3.05, 3.63) is 75.8 Å². The quantitative estimate of drug-likeness (QED) is 0.593. The number of rotatable bonds is 4. The molecule has 2 atom stereocenters. The number of non-ortho nitro benzene ring substituents is 1. The van der Waals surface area contributed by atoms with Crippen LogP contribution in [0.15, 0.2) is 54.6 Å². The summed E-state index contributed by atoms with van der Waals surface area (Å²) in [6.45, 7) is 5.44. The molecule has 0 radical (unpaired) electrons. The smallest absolute Gasteiger partial charge is 0.408 e. The molecule has 1 aliphatic carbocycles. The highest BCUT2D eigenvalue weighted by atomic mass is 16.6. The van der Waals surface area contributed by atoms with E-state index >= 15 is 0 Å². The van der Waals surface area contributed by atoms with Crippen LogP contribution in [0.3, 0.4) is 0 Å². The molecule has 146 valence electrons. The van der Waals surface area contributed by atoms with E-state index in [2.05, 4.69) is 10.6 Å². The first-order valence-corrected chi connectivity index (χ1v) is 9.00. The average molecular weight is 381 g/mol. The van der Waals surface area contributed by atoms with Crippen molar-refractivity contribution in [3.8, 4) is 0 Å². The molecule has 7 nitrogen and oxygen atoms in total. The van der Waals surface area contributed by atoms with Crippen LogP contribution in [-0.4, -0.2) is 22.7 Å². The van der Waals surface area contributed by atoms with Gasteiger partial charge in [0.2, 0.25) is 0 Å². The number of anilines is 1. The first kappa shape index (κ1) is 19.4. The topological polar surface area (TPSA) is 93.5 Å². The fourth-order valence-corrected chi connectivity index (χ4v) is 3.06. The number of nitrogens with one attached hydrogen (secondary N) is 2. The van der Waals surface area contributed by atoms with E-state index in [1.807, 2.05) is 57.2 Å². The average Bonchev–Trinajstić information content (AvgIpc) is 2.62. The minimum atomic E-state index is -0.602. The lowest BCUT2D eigenvalue weighted by Gasteiger charge is -2.32. The third-order valence-electron chi connectivity index (χ3n) is 4.26. The second-order valence-corrected chi connectivity index (χ2v) is 7.59. The number of amides is 1. The molecule has 0 aromatic heterocycles. The number of benzene rings is 2. The second-order valence-electron chi connectivity index (χ2n) is 7.59. The molecule has 1 amide bonds. The fourth-order valence-electron chi connectivity index (χ4n) is 3.06. The van der Waals surface area contributed by atoms with Crippen LogP contribution in [0, 0.1) is 10.1 Å². The van der Waals surface area contributed by atoms with E-state index in [0.717, 1.165) is 16.8 Å². The van der Waals surface area contributed by atoms with E-state index < -0.39 is 16.6 Å². The molecule has 0 saturated carbocycles. The van der Waals surface area contributed by atoms with Gasteiger partial charge in [-0.3, -0.25) is 10.1 Å². The Labute approximate surface area is 163 Å². The van der Waals surface area contributed by atoms with Gasteiger partial charge < -0.3 is 15.4 Å². The maximum atomic E-state index is 12.4. The molecule has 0 aliphatic heterocycles. The maximum absolute atomic E-state index is 12.4. The van der Waals surface area contributed by atoms with Crippen LogP contribution in [0.25, 0.3) is 6.08 Å². The second kappa shape index (κ2) is 7.72. The molecule has 0 spiro atoms. The van der Waals surface area contributed by atoms with Gasteiger partial charge in [0.05, 0.1) is 17.0 Å². The summed E-state index contributed by atoms with van der Waals surface area (Å²) in [6.07, 6.45) is 3.45. The van der Waals surface area contributed by atoms with Crippen molar-refractivity contribution in [2.24, 2.45) is 0 Å². The molecular formula is C21H23N3O4. The Bertz CT molecular complexity index is 901. The molecule has 2 N–H and O–H groups in total. The van der Waals surface area contributed by atoms with Gasteiger partial charge in [-0.05, 0) is 44.0 Å². The summed E-state index contributed by atoms with van der Waals surface area (Å²) in [4.78, 5) is 22.8. The highest BCUT2D eigenvalue weighted by Crippen LogP contribution is 2.30. The first-order valence-electron chi connectivity index (χ1n) is 9.00. The molecule has 0 saturated heterocycles. The predicted octanol–water partition coefficient (Wildman–Crippen LogP) is 4.67. The van der Waals surface area contributed by atoms with E-state index in [1.54, 1.807) is 12.1 Å². The van der Waals surface area contributed by atoms with Crippen LogP contribution < -0.4 is 10.6 Å². The summed E-state index contributed by atoms with van der Waals surface area (Å²) in [7, 11) is 0. The molecule has 28 heavy (non-hydrogen) atoms. The number of carbonyl (C=O) groups is 1. The SMILES string of the molecule is CC(C)(C)OC(=O)N[C@H]1c2ccccc2C=C[C@@H]1Nc1ccc([N+](=O)[O-])cc1. The van der Waals surface area contributed by atoms with Gasteiger partial charge in [-0.1, -0.05) is 36.4 Å². The number of nitrogens with zero attached hydrogens (tertiary/aromatic N) is 1. The Balaban J connectivity index is 1.83. The van der Waals surface area contributed by atoms with E-state index in [4.69, 9.17) is 4.74 Å². The molecular weight excluding hydrogens is 358 g/mol. The molecule has 3 rings (SSSR count). The van der Waals surface area contributed by atoms with Crippen molar-refractivity contribution in [2.45, 2.75) is 38.5 Å². The summed E-state index contributed by atoms with van der Waals surface area (Å²) in [6, 6.07) is 13.4. The molecule has 2 aromatic carbocycles. The van der Waals surface area contributed by atoms with Gasteiger partial charge in [-0.25, -0.2) is 4.79 Å². The van der Waals surface area contributed by atoms with Crippen molar-refractivity contribution in [3.63, 3.8) is 0 Å². The van der Waals surface area contributed by atoms with E-state index in [1.165, 1.54) is 12.1 Å². The Morgan fingerprint density at radius 2 is 1.79 bits per heavy atom. The maximum Gasteiger partial charge on any atom is 0.408 e. The Kier molecular flexibility index (Phi) is 5.35. The summed E-state index contributed by atoms with van der Waals surface area (Å²) in [5, 5.41) is 17.1. The third-order valence-corrected chi connectivity index (χ3v) is 4.26. The van der Waals surface area contributed by atoms with Gasteiger partial charge in [0, 0.05) is 17.8 Å². The number of hydrogen-bond donors (Lipinski definition) is 2. The van der Waals surface area contributed by atoms with Gasteiger partial charge in [-0.2, -0.15) is 0 Å². The van der Waals surface area contributed by atoms with Crippen LogP contribution in [0.1, 0.15) is 37.9 Å². The number of carbonyl (C=O) groups excluding carboxylic acids is 1. The summed E-state index contributed by atoms with van der Waals surface area (Å²) in [5.74, 6) is 0. The van der Waals surface area contributed by atoms with Crippen LogP contribution in [0.5, 0.6) is 0 Å². The third kappa shape index (κ3) is 4.68. The molecule has 0 heterocycles. The normalized spacial score (nSPS) is 18.1. The zero-order chi connectivity index (χ0) is 20.3. The Hall–Kier alpha value is -3.35. The summed E-state index contributed by atoms with van der Waals surface area (Å²) in [5.41, 5.74) is 2.13. The van der Waals surface area contributed by atoms with Crippen LogP contribution in [0.2, 0.25) is 0 Å².